The highest BCUT2D eigenvalue weighted by Crippen LogP contribution is 2.15. The minimum Gasteiger partial charge on any atom is -0.494 e. The lowest BCUT2D eigenvalue weighted by atomic mass is 9.97. The van der Waals surface area contributed by atoms with E-state index in [0.717, 1.165) is 35.7 Å². The predicted molar refractivity (Wildman–Crippen MR) is 83.7 cm³/mol. The summed E-state index contributed by atoms with van der Waals surface area (Å²) >= 11 is 0. The van der Waals surface area contributed by atoms with Gasteiger partial charge in [-0.2, -0.15) is 0 Å². The molecule has 2 atom stereocenters. The van der Waals surface area contributed by atoms with Crippen molar-refractivity contribution in [2.24, 2.45) is 11.7 Å². The highest BCUT2D eigenvalue weighted by atomic mass is 16.5. The van der Waals surface area contributed by atoms with Crippen molar-refractivity contribution in [1.29, 1.82) is 0 Å². The van der Waals surface area contributed by atoms with Gasteiger partial charge in [0.25, 0.3) is 5.91 Å². The molecule has 6 heteroatoms. The molecule has 22 heavy (non-hydrogen) atoms. The van der Waals surface area contributed by atoms with E-state index in [4.69, 9.17) is 10.5 Å². The molecule has 4 N–H and O–H groups in total. The Hall–Kier alpha value is -2.08. The molecule has 1 unspecified atom stereocenters. The van der Waals surface area contributed by atoms with E-state index in [1.165, 1.54) is 0 Å². The molecule has 0 aromatic heterocycles. The van der Waals surface area contributed by atoms with E-state index in [1.54, 1.807) is 0 Å². The van der Waals surface area contributed by atoms with E-state index in [0.29, 0.717) is 19.7 Å². The van der Waals surface area contributed by atoms with Gasteiger partial charge in [0.2, 0.25) is 5.91 Å². The SMILES string of the molecule is CCOc1ccc(NC(=O)C[NH+]2CCC[C@@H](C(N)=O)C2)cc1. The molecule has 0 radical (unpaired) electrons. The van der Waals surface area contributed by atoms with E-state index in [2.05, 4.69) is 5.32 Å². The topological polar surface area (TPSA) is 85.9 Å². The molecule has 1 aromatic rings. The lowest BCUT2D eigenvalue weighted by Crippen LogP contribution is -3.14. The van der Waals surface area contributed by atoms with Crippen molar-refractivity contribution in [1.82, 2.24) is 0 Å². The summed E-state index contributed by atoms with van der Waals surface area (Å²) in [4.78, 5) is 24.5. The van der Waals surface area contributed by atoms with E-state index >= 15 is 0 Å². The first-order chi connectivity index (χ1) is 10.6. The van der Waals surface area contributed by atoms with Crippen LogP contribution < -0.4 is 20.7 Å². The summed E-state index contributed by atoms with van der Waals surface area (Å²) in [6, 6.07) is 7.30. The average Bonchev–Trinajstić information content (AvgIpc) is 2.49. The fourth-order valence-electron chi connectivity index (χ4n) is 2.79. The largest absolute Gasteiger partial charge is 0.494 e. The summed E-state index contributed by atoms with van der Waals surface area (Å²) in [5.41, 5.74) is 6.10. The number of carbonyl (C=O) groups is 2. The number of ether oxygens (including phenoxy) is 1. The van der Waals surface area contributed by atoms with Crippen molar-refractivity contribution in [3.63, 3.8) is 0 Å². The molecule has 1 aliphatic rings. The highest BCUT2D eigenvalue weighted by Gasteiger charge is 2.28. The first-order valence-corrected chi connectivity index (χ1v) is 7.74. The van der Waals surface area contributed by atoms with Crippen LogP contribution in [-0.4, -0.2) is 38.1 Å². The summed E-state index contributed by atoms with van der Waals surface area (Å²) in [5.74, 6) is 0.363. The maximum Gasteiger partial charge on any atom is 0.279 e. The number of benzene rings is 1. The lowest BCUT2D eigenvalue weighted by molar-refractivity contribution is -0.899. The van der Waals surface area contributed by atoms with Crippen LogP contribution in [-0.2, 0) is 9.59 Å². The van der Waals surface area contributed by atoms with Gasteiger partial charge in [0.15, 0.2) is 6.54 Å². The summed E-state index contributed by atoms with van der Waals surface area (Å²) in [6.07, 6.45) is 1.76. The monoisotopic (exact) mass is 306 g/mol. The molecule has 6 nitrogen and oxygen atoms in total. The number of anilines is 1. The predicted octanol–water partition coefficient (Wildman–Crippen LogP) is -0.196. The Kier molecular flexibility index (Phi) is 5.77. The number of hydrogen-bond donors (Lipinski definition) is 3. The lowest BCUT2D eigenvalue weighted by Gasteiger charge is -2.27. The van der Waals surface area contributed by atoms with Crippen molar-refractivity contribution in [2.75, 3.05) is 31.6 Å². The van der Waals surface area contributed by atoms with Crippen LogP contribution in [0.5, 0.6) is 5.75 Å². The number of quaternary nitrogens is 1. The van der Waals surface area contributed by atoms with Crippen LogP contribution in [0.3, 0.4) is 0 Å². The van der Waals surface area contributed by atoms with Gasteiger partial charge < -0.3 is 20.7 Å². The fourth-order valence-corrected chi connectivity index (χ4v) is 2.79. The normalized spacial score (nSPS) is 21.1. The number of carbonyl (C=O) groups excluding carboxylic acids is 2. The van der Waals surface area contributed by atoms with Crippen LogP contribution in [0.25, 0.3) is 0 Å². The van der Waals surface area contributed by atoms with Crippen LogP contribution in [0.4, 0.5) is 5.69 Å². The smallest absolute Gasteiger partial charge is 0.279 e. The molecule has 120 valence electrons. The molecule has 2 amide bonds. The number of likely N-dealkylation sites (tertiary alicyclic amines) is 1. The Morgan fingerprint density at radius 1 is 1.36 bits per heavy atom. The van der Waals surface area contributed by atoms with Gasteiger partial charge in [-0.1, -0.05) is 0 Å². The summed E-state index contributed by atoms with van der Waals surface area (Å²) in [6.45, 7) is 4.45. The fraction of sp³-hybridized carbons (Fsp3) is 0.500. The molecule has 1 fully saturated rings. The molecular weight excluding hydrogens is 282 g/mol. The third-order valence-electron chi connectivity index (χ3n) is 3.88. The molecule has 0 bridgehead atoms. The van der Waals surface area contributed by atoms with Gasteiger partial charge >= 0.3 is 0 Å². The number of nitrogens with one attached hydrogen (secondary N) is 2. The standard InChI is InChI=1S/C16H23N3O3/c1-2-22-14-7-5-13(6-8-14)18-15(20)11-19-9-3-4-12(10-19)16(17)21/h5-8,12H,2-4,9-11H2,1H3,(H2,17,21)(H,18,20)/p+1/t12-/m1/s1. The zero-order valence-electron chi connectivity index (χ0n) is 12.9. The molecular formula is C16H24N3O3+. The van der Waals surface area contributed by atoms with Crippen molar-refractivity contribution >= 4 is 17.5 Å². The van der Waals surface area contributed by atoms with Gasteiger partial charge in [-0.15, -0.1) is 0 Å². The maximum atomic E-state index is 12.1. The number of primary amides is 1. The molecule has 2 rings (SSSR count). The van der Waals surface area contributed by atoms with Gasteiger partial charge in [-0.3, -0.25) is 9.59 Å². The van der Waals surface area contributed by atoms with Crippen molar-refractivity contribution in [2.45, 2.75) is 19.8 Å². The van der Waals surface area contributed by atoms with Crippen molar-refractivity contribution < 1.29 is 19.2 Å². The van der Waals surface area contributed by atoms with E-state index in [9.17, 15) is 9.59 Å². The zero-order valence-corrected chi connectivity index (χ0v) is 12.9. The molecule has 1 heterocycles. The van der Waals surface area contributed by atoms with E-state index in [-0.39, 0.29) is 17.7 Å². The maximum absolute atomic E-state index is 12.1. The van der Waals surface area contributed by atoms with Crippen LogP contribution in [0.1, 0.15) is 19.8 Å². The minimum atomic E-state index is -0.260. The molecule has 0 saturated carbocycles. The molecule has 1 aromatic carbocycles. The second kappa shape index (κ2) is 7.79. The quantitative estimate of drug-likeness (QED) is 0.680. The second-order valence-corrected chi connectivity index (χ2v) is 5.63. The highest BCUT2D eigenvalue weighted by molar-refractivity contribution is 5.91. The van der Waals surface area contributed by atoms with Crippen LogP contribution in [0, 0.1) is 5.92 Å². The van der Waals surface area contributed by atoms with Crippen LogP contribution in [0.15, 0.2) is 24.3 Å². The number of amides is 2. The Morgan fingerprint density at radius 3 is 2.73 bits per heavy atom. The van der Waals surface area contributed by atoms with Gasteiger partial charge in [-0.05, 0) is 44.0 Å². The Morgan fingerprint density at radius 2 is 2.09 bits per heavy atom. The molecule has 1 aliphatic heterocycles. The Bertz CT molecular complexity index is 516. The van der Waals surface area contributed by atoms with Crippen molar-refractivity contribution in [3.8, 4) is 5.75 Å². The van der Waals surface area contributed by atoms with E-state index in [1.807, 2.05) is 31.2 Å². The van der Waals surface area contributed by atoms with Crippen molar-refractivity contribution in [3.05, 3.63) is 24.3 Å². The van der Waals surface area contributed by atoms with E-state index < -0.39 is 0 Å². The molecule has 0 aliphatic carbocycles. The average molecular weight is 306 g/mol. The number of rotatable bonds is 6. The van der Waals surface area contributed by atoms with Gasteiger partial charge in [0.05, 0.1) is 25.6 Å². The van der Waals surface area contributed by atoms with Gasteiger partial charge in [0.1, 0.15) is 5.75 Å². The van der Waals surface area contributed by atoms with Gasteiger partial charge in [0, 0.05) is 5.69 Å². The first kappa shape index (κ1) is 16.3. The third-order valence-corrected chi connectivity index (χ3v) is 3.88. The summed E-state index contributed by atoms with van der Waals surface area (Å²) in [7, 11) is 0. The number of hydrogen-bond acceptors (Lipinski definition) is 3. The Labute approximate surface area is 130 Å². The number of piperidine rings is 1. The molecule has 0 spiro atoms. The van der Waals surface area contributed by atoms with Crippen LogP contribution in [0.2, 0.25) is 0 Å². The summed E-state index contributed by atoms with van der Waals surface area (Å²) in [5, 5.41) is 2.87. The van der Waals surface area contributed by atoms with Gasteiger partial charge in [-0.25, -0.2) is 0 Å². The zero-order chi connectivity index (χ0) is 15.9. The first-order valence-electron chi connectivity index (χ1n) is 7.74. The second-order valence-electron chi connectivity index (χ2n) is 5.63. The Balaban J connectivity index is 1.83. The third kappa shape index (κ3) is 4.73. The molecule has 1 saturated heterocycles. The minimum absolute atomic E-state index is 0.0516. The number of nitrogens with two attached hydrogens (primary N) is 1. The summed E-state index contributed by atoms with van der Waals surface area (Å²) < 4.78 is 5.36. The van der Waals surface area contributed by atoms with Crippen LogP contribution >= 0.6 is 0 Å².